The summed E-state index contributed by atoms with van der Waals surface area (Å²) in [6, 6.07) is 9.40. The second kappa shape index (κ2) is 6.72. The Morgan fingerprint density at radius 2 is 1.70 bits per heavy atom. The van der Waals surface area contributed by atoms with Gasteiger partial charge in [0.15, 0.2) is 0 Å². The fraction of sp³-hybridized carbons (Fsp3) is 0.682. The van der Waals surface area contributed by atoms with Crippen molar-refractivity contribution >= 4 is 18.4 Å². The largest absolute Gasteiger partial charge is 0.494 e. The maximum Gasteiger partial charge on any atom is 0.494 e. The molecule has 1 aromatic rings. The number of nitrogens with zero attached hydrogens (tertiary/aromatic N) is 1. The molecule has 0 spiro atoms. The molecule has 0 aromatic heterocycles. The molecule has 0 saturated carbocycles. The minimum absolute atomic E-state index is 0.221. The van der Waals surface area contributed by atoms with Crippen LogP contribution in [-0.4, -0.2) is 48.1 Å². The van der Waals surface area contributed by atoms with Crippen molar-refractivity contribution in [1.29, 1.82) is 0 Å². The molecule has 2 bridgehead atoms. The number of hydrogen-bond donors (Lipinski definition) is 0. The molecule has 3 aliphatic heterocycles. The summed E-state index contributed by atoms with van der Waals surface area (Å²) < 4.78 is 12.3. The number of hydrogen-bond acceptors (Lipinski definition) is 4. The zero-order chi connectivity index (χ0) is 19.4. The molecule has 0 aliphatic carbocycles. The van der Waals surface area contributed by atoms with Gasteiger partial charge in [0.2, 0.25) is 0 Å². The number of carbonyl (C=O) groups excluding carboxylic acids is 1. The molecule has 146 valence electrons. The molecule has 4 nitrogen and oxygen atoms in total. The lowest BCUT2D eigenvalue weighted by Crippen LogP contribution is -2.42. The molecule has 3 heterocycles. The number of ketones is 1. The molecule has 0 radical (unpaired) electrons. The second-order valence-corrected chi connectivity index (χ2v) is 9.70. The number of carbonyl (C=O) groups is 1. The van der Waals surface area contributed by atoms with E-state index in [2.05, 4.69) is 51.8 Å². The highest BCUT2D eigenvalue weighted by molar-refractivity contribution is 6.62. The summed E-state index contributed by atoms with van der Waals surface area (Å²) in [5.74, 6) is 0.616. The van der Waals surface area contributed by atoms with Gasteiger partial charge in [-0.2, -0.15) is 0 Å². The zero-order valence-corrected chi connectivity index (χ0v) is 17.3. The lowest BCUT2D eigenvalue weighted by molar-refractivity contribution is -0.124. The van der Waals surface area contributed by atoms with Gasteiger partial charge in [0.1, 0.15) is 5.78 Å². The molecule has 3 saturated heterocycles. The summed E-state index contributed by atoms with van der Waals surface area (Å²) in [6.07, 6.45) is 5.08. The maximum atomic E-state index is 13.0. The zero-order valence-electron chi connectivity index (χ0n) is 17.3. The van der Waals surface area contributed by atoms with E-state index in [1.807, 2.05) is 12.1 Å². The summed E-state index contributed by atoms with van der Waals surface area (Å²) >= 11 is 0. The van der Waals surface area contributed by atoms with Crippen LogP contribution >= 0.6 is 0 Å². The Balaban J connectivity index is 1.44. The molecular weight excluding hydrogens is 337 g/mol. The van der Waals surface area contributed by atoms with E-state index < -0.39 is 0 Å². The molecule has 27 heavy (non-hydrogen) atoms. The van der Waals surface area contributed by atoms with E-state index in [9.17, 15) is 4.79 Å². The van der Waals surface area contributed by atoms with Gasteiger partial charge in [-0.3, -0.25) is 4.79 Å². The molecule has 0 N–H and O–H groups in total. The van der Waals surface area contributed by atoms with Crippen LogP contribution in [-0.2, 0) is 20.5 Å². The Hall–Kier alpha value is -1.17. The lowest BCUT2D eigenvalue weighted by atomic mass is 9.77. The third-order valence-corrected chi connectivity index (χ3v) is 7.41. The van der Waals surface area contributed by atoms with Crippen molar-refractivity contribution in [3.63, 3.8) is 0 Å². The van der Waals surface area contributed by atoms with Gasteiger partial charge in [-0.15, -0.1) is 0 Å². The second-order valence-electron chi connectivity index (χ2n) is 9.70. The topological polar surface area (TPSA) is 38.8 Å². The Kier molecular flexibility index (Phi) is 4.77. The van der Waals surface area contributed by atoms with Crippen molar-refractivity contribution in [3.8, 4) is 0 Å². The highest BCUT2D eigenvalue weighted by Gasteiger charge is 2.51. The van der Waals surface area contributed by atoms with Gasteiger partial charge in [-0.25, -0.2) is 0 Å². The lowest BCUT2D eigenvalue weighted by Gasteiger charge is -2.35. The van der Waals surface area contributed by atoms with E-state index >= 15 is 0 Å². The molecule has 0 amide bonds. The van der Waals surface area contributed by atoms with E-state index in [0.717, 1.165) is 23.9 Å². The molecule has 2 atom stereocenters. The summed E-state index contributed by atoms with van der Waals surface area (Å²) in [6.45, 7) is 8.26. The smallest absolute Gasteiger partial charge is 0.399 e. The van der Waals surface area contributed by atoms with Gasteiger partial charge in [-0.1, -0.05) is 24.3 Å². The Bertz CT molecular complexity index is 702. The van der Waals surface area contributed by atoms with E-state index in [1.165, 1.54) is 12.8 Å². The van der Waals surface area contributed by atoms with Gasteiger partial charge < -0.3 is 14.2 Å². The van der Waals surface area contributed by atoms with Crippen molar-refractivity contribution in [1.82, 2.24) is 4.90 Å². The predicted octanol–water partition coefficient (Wildman–Crippen LogP) is 2.97. The highest BCUT2D eigenvalue weighted by atomic mass is 16.7. The molecule has 3 fully saturated rings. The first-order valence-corrected chi connectivity index (χ1v) is 10.4. The van der Waals surface area contributed by atoms with Crippen LogP contribution in [0.25, 0.3) is 0 Å². The van der Waals surface area contributed by atoms with Crippen LogP contribution in [0.2, 0.25) is 0 Å². The standard InChI is InChI=1S/C22H32BNO3/c1-21(2)22(3,4)27-23(26-21)17-8-6-7-15(11-17)12-20(25)16-13-18-9-10-19(14-16)24(18)5/h6-8,11,16,18-19H,9-10,12-14H2,1-5H3. The Morgan fingerprint density at radius 1 is 1.11 bits per heavy atom. The van der Waals surface area contributed by atoms with E-state index in [0.29, 0.717) is 24.3 Å². The number of piperidine rings is 1. The van der Waals surface area contributed by atoms with Crippen LogP contribution in [0.1, 0.15) is 58.9 Å². The van der Waals surface area contributed by atoms with Crippen molar-refractivity contribution < 1.29 is 14.1 Å². The first-order valence-electron chi connectivity index (χ1n) is 10.4. The van der Waals surface area contributed by atoms with Crippen LogP contribution in [0.5, 0.6) is 0 Å². The van der Waals surface area contributed by atoms with Crippen molar-refractivity contribution in [2.45, 2.75) is 83.1 Å². The van der Waals surface area contributed by atoms with Gasteiger partial charge in [0.25, 0.3) is 0 Å². The van der Waals surface area contributed by atoms with Gasteiger partial charge >= 0.3 is 7.12 Å². The molecule has 2 unspecified atom stereocenters. The summed E-state index contributed by atoms with van der Waals surface area (Å²) in [5, 5.41) is 0. The van der Waals surface area contributed by atoms with Crippen molar-refractivity contribution in [2.75, 3.05) is 7.05 Å². The summed E-state index contributed by atoms with van der Waals surface area (Å²) in [7, 11) is 1.85. The number of Topliss-reactive ketones (excluding diaryl/α,β-unsaturated/α-hetero) is 1. The molecule has 4 rings (SSSR count). The predicted molar refractivity (Wildman–Crippen MR) is 108 cm³/mol. The van der Waals surface area contributed by atoms with Crippen LogP contribution in [0.15, 0.2) is 24.3 Å². The SMILES string of the molecule is CN1C2CCC1CC(C(=O)Cc1cccc(B3OC(C)(C)C(C)(C)O3)c1)C2. The molecule has 1 aromatic carbocycles. The average molecular weight is 369 g/mol. The van der Waals surface area contributed by atoms with Crippen molar-refractivity contribution in [3.05, 3.63) is 29.8 Å². The molecular formula is C22H32BNO3. The van der Waals surface area contributed by atoms with Crippen LogP contribution in [0.3, 0.4) is 0 Å². The van der Waals surface area contributed by atoms with Crippen LogP contribution in [0, 0.1) is 5.92 Å². The van der Waals surface area contributed by atoms with Gasteiger partial charge in [0.05, 0.1) is 11.2 Å². The Morgan fingerprint density at radius 3 is 2.30 bits per heavy atom. The molecule has 5 heteroatoms. The van der Waals surface area contributed by atoms with E-state index in [4.69, 9.17) is 9.31 Å². The van der Waals surface area contributed by atoms with E-state index in [1.54, 1.807) is 0 Å². The van der Waals surface area contributed by atoms with Crippen LogP contribution < -0.4 is 5.46 Å². The van der Waals surface area contributed by atoms with Gasteiger partial charge in [-0.05, 0) is 71.5 Å². The van der Waals surface area contributed by atoms with Crippen LogP contribution in [0.4, 0.5) is 0 Å². The first kappa shape index (κ1) is 19.2. The fourth-order valence-electron chi connectivity index (χ4n) is 4.85. The van der Waals surface area contributed by atoms with Gasteiger partial charge in [0, 0.05) is 24.4 Å². The third kappa shape index (κ3) is 3.50. The number of fused-ring (bicyclic) bond motifs is 2. The monoisotopic (exact) mass is 369 g/mol. The fourth-order valence-corrected chi connectivity index (χ4v) is 4.85. The quantitative estimate of drug-likeness (QED) is 0.765. The van der Waals surface area contributed by atoms with Crippen molar-refractivity contribution in [2.24, 2.45) is 5.92 Å². The third-order valence-electron chi connectivity index (χ3n) is 7.41. The summed E-state index contributed by atoms with van der Waals surface area (Å²) in [5.41, 5.74) is 1.37. The maximum absolute atomic E-state index is 13.0. The number of benzene rings is 1. The highest BCUT2D eigenvalue weighted by Crippen LogP contribution is 2.38. The minimum Gasteiger partial charge on any atom is -0.399 e. The first-order chi connectivity index (χ1) is 12.7. The summed E-state index contributed by atoms with van der Waals surface area (Å²) in [4.78, 5) is 15.4. The minimum atomic E-state index is -0.371. The Labute approximate surface area is 163 Å². The van der Waals surface area contributed by atoms with E-state index in [-0.39, 0.29) is 24.2 Å². The number of rotatable bonds is 4. The molecule has 3 aliphatic rings. The normalized spacial score (nSPS) is 32.0. The average Bonchev–Trinajstić information content (AvgIpc) is 2.93.